The molecular formula is C17H14F2N2O2S. The molecule has 0 saturated carbocycles. The highest BCUT2D eigenvalue weighted by Gasteiger charge is 2.30. The Balaban J connectivity index is 1.73. The number of hydrogen-bond donors (Lipinski definition) is 1. The van der Waals surface area contributed by atoms with E-state index in [9.17, 15) is 17.2 Å². The van der Waals surface area contributed by atoms with Gasteiger partial charge in [-0.25, -0.2) is 17.2 Å². The third-order valence-electron chi connectivity index (χ3n) is 4.35. The molecule has 0 amide bonds. The Hall–Kier alpha value is -2.25. The maximum absolute atomic E-state index is 13.4. The first-order valence-electron chi connectivity index (χ1n) is 7.50. The van der Waals surface area contributed by atoms with Crippen molar-refractivity contribution in [3.8, 4) is 0 Å². The highest BCUT2D eigenvalue weighted by atomic mass is 32.2. The molecule has 1 aliphatic heterocycles. The van der Waals surface area contributed by atoms with Gasteiger partial charge in [0.2, 0.25) is 10.0 Å². The molecule has 0 spiro atoms. The van der Waals surface area contributed by atoms with Gasteiger partial charge in [0, 0.05) is 36.1 Å². The minimum absolute atomic E-state index is 0.0678. The largest absolute Gasteiger partial charge is 0.358 e. The molecule has 7 heteroatoms. The van der Waals surface area contributed by atoms with E-state index in [1.165, 1.54) is 28.6 Å². The molecule has 2 heterocycles. The molecule has 1 aliphatic rings. The van der Waals surface area contributed by atoms with Crippen molar-refractivity contribution in [3.05, 3.63) is 65.4 Å². The first-order valence-corrected chi connectivity index (χ1v) is 8.94. The second-order valence-corrected chi connectivity index (χ2v) is 7.75. The van der Waals surface area contributed by atoms with Crippen molar-refractivity contribution in [1.29, 1.82) is 0 Å². The van der Waals surface area contributed by atoms with Crippen molar-refractivity contribution in [2.75, 3.05) is 6.54 Å². The highest BCUT2D eigenvalue weighted by molar-refractivity contribution is 7.89. The van der Waals surface area contributed by atoms with E-state index >= 15 is 0 Å². The van der Waals surface area contributed by atoms with Crippen LogP contribution in [0, 0.1) is 11.6 Å². The quantitative estimate of drug-likeness (QED) is 0.773. The number of halogens is 2. The van der Waals surface area contributed by atoms with Crippen LogP contribution in [0.4, 0.5) is 8.78 Å². The molecule has 0 radical (unpaired) electrons. The second-order valence-electron chi connectivity index (χ2n) is 5.81. The van der Waals surface area contributed by atoms with Crippen LogP contribution in [-0.2, 0) is 23.0 Å². The lowest BCUT2D eigenvalue weighted by atomic mass is 10.1. The molecule has 0 unspecified atom stereocenters. The summed E-state index contributed by atoms with van der Waals surface area (Å²) in [6.45, 7) is 0.530. The molecule has 4 rings (SSSR count). The molecular weight excluding hydrogens is 334 g/mol. The summed E-state index contributed by atoms with van der Waals surface area (Å²) in [5.41, 5.74) is 2.46. The summed E-state index contributed by atoms with van der Waals surface area (Å²) in [5.74, 6) is -0.814. The van der Waals surface area contributed by atoms with Crippen LogP contribution in [-0.4, -0.2) is 24.3 Å². The Morgan fingerprint density at radius 3 is 2.46 bits per heavy atom. The average molecular weight is 348 g/mol. The average Bonchev–Trinajstić information content (AvgIpc) is 2.91. The van der Waals surface area contributed by atoms with Crippen molar-refractivity contribution < 1.29 is 17.2 Å². The molecule has 2 aromatic carbocycles. The van der Waals surface area contributed by atoms with Crippen molar-refractivity contribution >= 4 is 20.9 Å². The Kier molecular flexibility index (Phi) is 3.43. The lowest BCUT2D eigenvalue weighted by Gasteiger charge is -2.26. The van der Waals surface area contributed by atoms with E-state index in [0.29, 0.717) is 18.5 Å². The Labute approximate surface area is 137 Å². The first-order chi connectivity index (χ1) is 11.4. The van der Waals surface area contributed by atoms with Crippen LogP contribution in [0.1, 0.15) is 11.3 Å². The van der Waals surface area contributed by atoms with Crippen LogP contribution >= 0.6 is 0 Å². The number of fused-ring (bicyclic) bond motifs is 3. The standard InChI is InChI=1S/C17H14F2N2O2S/c18-11-1-4-13(5-2-11)24(22,23)21-8-7-16-15(10-21)14-6-3-12(19)9-17(14)20-16/h1-6,9,20H,7-8,10H2. The summed E-state index contributed by atoms with van der Waals surface area (Å²) in [6.07, 6.45) is 0.520. The Morgan fingerprint density at radius 2 is 1.71 bits per heavy atom. The normalized spacial score (nSPS) is 15.6. The van der Waals surface area contributed by atoms with Crippen molar-refractivity contribution in [2.45, 2.75) is 17.9 Å². The number of H-pyrrole nitrogens is 1. The molecule has 3 aromatic rings. The molecule has 0 fully saturated rings. The zero-order chi connectivity index (χ0) is 16.9. The lowest BCUT2D eigenvalue weighted by Crippen LogP contribution is -2.35. The maximum atomic E-state index is 13.4. The molecule has 4 nitrogen and oxygen atoms in total. The van der Waals surface area contributed by atoms with E-state index < -0.39 is 15.8 Å². The summed E-state index contributed by atoms with van der Waals surface area (Å²) in [6, 6.07) is 9.24. The summed E-state index contributed by atoms with van der Waals surface area (Å²) in [5, 5.41) is 0.824. The van der Waals surface area contributed by atoms with Gasteiger partial charge in [0.15, 0.2) is 0 Å². The highest BCUT2D eigenvalue weighted by Crippen LogP contribution is 2.30. The van der Waals surface area contributed by atoms with E-state index in [2.05, 4.69) is 4.98 Å². The third kappa shape index (κ3) is 2.40. The van der Waals surface area contributed by atoms with Gasteiger partial charge in [-0.15, -0.1) is 0 Å². The van der Waals surface area contributed by atoms with Gasteiger partial charge >= 0.3 is 0 Å². The molecule has 1 N–H and O–H groups in total. The van der Waals surface area contributed by atoms with E-state index in [1.54, 1.807) is 6.07 Å². The summed E-state index contributed by atoms with van der Waals surface area (Å²) < 4.78 is 53.3. The van der Waals surface area contributed by atoms with Crippen LogP contribution < -0.4 is 0 Å². The predicted molar refractivity (Wildman–Crippen MR) is 86.0 cm³/mol. The van der Waals surface area contributed by atoms with Crippen molar-refractivity contribution in [1.82, 2.24) is 9.29 Å². The van der Waals surface area contributed by atoms with Gasteiger partial charge in [-0.05, 0) is 48.0 Å². The molecule has 0 aliphatic carbocycles. The fraction of sp³-hybridized carbons (Fsp3) is 0.176. The number of sulfonamides is 1. The van der Waals surface area contributed by atoms with E-state index in [-0.39, 0.29) is 17.3 Å². The van der Waals surface area contributed by atoms with Gasteiger partial charge in [0.05, 0.1) is 4.90 Å². The fourth-order valence-corrected chi connectivity index (χ4v) is 4.54. The molecule has 0 bridgehead atoms. The number of nitrogens with zero attached hydrogens (tertiary/aromatic N) is 1. The molecule has 24 heavy (non-hydrogen) atoms. The van der Waals surface area contributed by atoms with Gasteiger partial charge in [-0.1, -0.05) is 0 Å². The molecule has 124 valence electrons. The Morgan fingerprint density at radius 1 is 1.00 bits per heavy atom. The number of rotatable bonds is 2. The maximum Gasteiger partial charge on any atom is 0.243 e. The summed E-state index contributed by atoms with van der Waals surface area (Å²) in [4.78, 5) is 3.23. The van der Waals surface area contributed by atoms with Crippen molar-refractivity contribution in [3.63, 3.8) is 0 Å². The van der Waals surface area contributed by atoms with Gasteiger partial charge in [0.25, 0.3) is 0 Å². The predicted octanol–water partition coefficient (Wildman–Crippen LogP) is 3.19. The van der Waals surface area contributed by atoms with Gasteiger partial charge in [-0.2, -0.15) is 4.31 Å². The van der Waals surface area contributed by atoms with Crippen LogP contribution in [0.5, 0.6) is 0 Å². The summed E-state index contributed by atoms with van der Waals surface area (Å²) >= 11 is 0. The van der Waals surface area contributed by atoms with Crippen LogP contribution in [0.15, 0.2) is 47.4 Å². The van der Waals surface area contributed by atoms with Gasteiger partial charge < -0.3 is 4.98 Å². The smallest absolute Gasteiger partial charge is 0.243 e. The zero-order valence-corrected chi connectivity index (χ0v) is 13.4. The first kappa shape index (κ1) is 15.3. The van der Waals surface area contributed by atoms with Gasteiger partial charge in [-0.3, -0.25) is 0 Å². The number of benzene rings is 2. The zero-order valence-electron chi connectivity index (χ0n) is 12.6. The number of nitrogens with one attached hydrogen (secondary N) is 1. The SMILES string of the molecule is O=S(=O)(c1ccc(F)cc1)N1CCc2[nH]c3cc(F)ccc3c2C1. The van der Waals surface area contributed by atoms with Crippen LogP contribution in [0.25, 0.3) is 10.9 Å². The second kappa shape index (κ2) is 5.39. The van der Waals surface area contributed by atoms with Crippen LogP contribution in [0.3, 0.4) is 0 Å². The fourth-order valence-electron chi connectivity index (χ4n) is 3.13. The number of aromatic nitrogens is 1. The summed E-state index contributed by atoms with van der Waals surface area (Å²) in [7, 11) is -3.70. The topological polar surface area (TPSA) is 53.2 Å². The number of hydrogen-bond acceptors (Lipinski definition) is 2. The van der Waals surface area contributed by atoms with Crippen LogP contribution in [0.2, 0.25) is 0 Å². The monoisotopic (exact) mass is 348 g/mol. The Bertz CT molecular complexity index is 1030. The number of aromatic amines is 1. The third-order valence-corrected chi connectivity index (χ3v) is 6.21. The van der Waals surface area contributed by atoms with E-state index in [1.807, 2.05) is 0 Å². The minimum atomic E-state index is -3.70. The van der Waals surface area contributed by atoms with E-state index in [4.69, 9.17) is 0 Å². The molecule has 0 saturated heterocycles. The molecule has 0 atom stereocenters. The van der Waals surface area contributed by atoms with Gasteiger partial charge in [0.1, 0.15) is 11.6 Å². The molecule has 1 aromatic heterocycles. The van der Waals surface area contributed by atoms with Crippen molar-refractivity contribution in [2.24, 2.45) is 0 Å². The van der Waals surface area contributed by atoms with E-state index in [0.717, 1.165) is 28.8 Å². The minimum Gasteiger partial charge on any atom is -0.358 e. The lowest BCUT2D eigenvalue weighted by molar-refractivity contribution is 0.391.